The summed E-state index contributed by atoms with van der Waals surface area (Å²) in [5.74, 6) is 0.690. The minimum atomic E-state index is 0.282. The summed E-state index contributed by atoms with van der Waals surface area (Å²) >= 11 is 0. The Morgan fingerprint density at radius 2 is 2.18 bits per heavy atom. The Hall–Kier alpha value is -0.570. The van der Waals surface area contributed by atoms with E-state index in [9.17, 15) is 4.79 Å². The number of rotatable bonds is 1. The van der Waals surface area contributed by atoms with Gasteiger partial charge in [-0.25, -0.2) is 0 Å². The van der Waals surface area contributed by atoms with Crippen LogP contribution in [0.25, 0.3) is 0 Å². The van der Waals surface area contributed by atoms with Gasteiger partial charge in [0.2, 0.25) is 5.91 Å². The van der Waals surface area contributed by atoms with Crippen molar-refractivity contribution < 1.29 is 4.79 Å². The zero-order chi connectivity index (χ0) is 12.5. The van der Waals surface area contributed by atoms with E-state index in [-0.39, 0.29) is 5.92 Å². The number of nitrogens with one attached hydrogen (secondary N) is 1. The molecule has 1 saturated carbocycles. The average Bonchev–Trinajstić information content (AvgIpc) is 2.26. The highest BCUT2D eigenvalue weighted by molar-refractivity contribution is 5.79. The lowest BCUT2D eigenvalue weighted by molar-refractivity contribution is -0.139. The molecule has 1 aliphatic heterocycles. The first-order valence-corrected chi connectivity index (χ1v) is 7.00. The van der Waals surface area contributed by atoms with Crippen molar-refractivity contribution in [2.45, 2.75) is 52.5 Å². The molecule has 0 aromatic rings. The van der Waals surface area contributed by atoms with Crippen LogP contribution in [0.1, 0.15) is 46.5 Å². The molecule has 0 aromatic heterocycles. The van der Waals surface area contributed by atoms with Crippen LogP contribution >= 0.6 is 0 Å². The summed E-state index contributed by atoms with van der Waals surface area (Å²) in [4.78, 5) is 14.6. The Morgan fingerprint density at radius 3 is 2.82 bits per heavy atom. The van der Waals surface area contributed by atoms with Gasteiger partial charge in [0.1, 0.15) is 0 Å². The topological polar surface area (TPSA) is 32.3 Å². The molecule has 0 bridgehead atoms. The van der Waals surface area contributed by atoms with E-state index in [0.29, 0.717) is 17.4 Å². The van der Waals surface area contributed by atoms with Crippen LogP contribution in [-0.2, 0) is 4.79 Å². The second-order valence-electron chi connectivity index (χ2n) is 6.60. The van der Waals surface area contributed by atoms with Gasteiger partial charge in [-0.1, -0.05) is 20.3 Å². The smallest absolute Gasteiger partial charge is 0.225 e. The Bertz CT molecular complexity index is 288. The molecule has 98 valence electrons. The number of hydrogen-bond donors (Lipinski definition) is 1. The Balaban J connectivity index is 1.94. The van der Waals surface area contributed by atoms with Crippen molar-refractivity contribution in [3.05, 3.63) is 0 Å². The van der Waals surface area contributed by atoms with E-state index in [0.717, 1.165) is 32.5 Å². The van der Waals surface area contributed by atoms with Gasteiger partial charge < -0.3 is 10.2 Å². The summed E-state index contributed by atoms with van der Waals surface area (Å²) in [7, 11) is 0. The van der Waals surface area contributed by atoms with Gasteiger partial charge in [-0.15, -0.1) is 0 Å². The summed E-state index contributed by atoms with van der Waals surface area (Å²) in [6.45, 7) is 9.47. The molecule has 3 heteroatoms. The van der Waals surface area contributed by atoms with Gasteiger partial charge in [0.25, 0.3) is 0 Å². The van der Waals surface area contributed by atoms with Crippen molar-refractivity contribution in [2.24, 2.45) is 11.3 Å². The van der Waals surface area contributed by atoms with Crippen molar-refractivity contribution in [3.63, 3.8) is 0 Å². The maximum Gasteiger partial charge on any atom is 0.225 e. The van der Waals surface area contributed by atoms with E-state index in [1.54, 1.807) is 0 Å². The van der Waals surface area contributed by atoms with Crippen LogP contribution in [0, 0.1) is 11.3 Å². The summed E-state index contributed by atoms with van der Waals surface area (Å²) < 4.78 is 0. The summed E-state index contributed by atoms with van der Waals surface area (Å²) in [6, 6.07) is 0.448. The lowest BCUT2D eigenvalue weighted by Crippen LogP contribution is -2.53. The molecule has 0 aromatic carbocycles. The fourth-order valence-corrected chi connectivity index (χ4v) is 3.30. The van der Waals surface area contributed by atoms with Gasteiger partial charge in [0.05, 0.1) is 0 Å². The molecule has 2 atom stereocenters. The van der Waals surface area contributed by atoms with Crippen LogP contribution in [0.15, 0.2) is 0 Å². The number of nitrogens with zero attached hydrogens (tertiary/aromatic N) is 1. The molecule has 17 heavy (non-hydrogen) atoms. The number of amides is 1. The average molecular weight is 238 g/mol. The third-order valence-electron chi connectivity index (χ3n) is 4.23. The zero-order valence-corrected chi connectivity index (χ0v) is 11.5. The highest BCUT2D eigenvalue weighted by atomic mass is 16.2. The van der Waals surface area contributed by atoms with Gasteiger partial charge >= 0.3 is 0 Å². The van der Waals surface area contributed by atoms with E-state index in [2.05, 4.69) is 31.0 Å². The molecule has 1 amide bonds. The van der Waals surface area contributed by atoms with E-state index >= 15 is 0 Å². The van der Waals surface area contributed by atoms with Crippen LogP contribution in [0.5, 0.6) is 0 Å². The van der Waals surface area contributed by atoms with E-state index in [1.165, 1.54) is 12.8 Å². The fraction of sp³-hybridized carbons (Fsp3) is 0.929. The molecule has 1 heterocycles. The molecule has 0 spiro atoms. The predicted octanol–water partition coefficient (Wildman–Crippen LogP) is 2.02. The molecular formula is C14H26N2O. The molecule has 1 aliphatic carbocycles. The number of hydrogen-bond acceptors (Lipinski definition) is 2. The lowest BCUT2D eigenvalue weighted by atomic mass is 9.72. The molecule has 2 rings (SSSR count). The second kappa shape index (κ2) is 4.97. The van der Waals surface area contributed by atoms with Crippen LogP contribution in [-0.4, -0.2) is 36.5 Å². The first kappa shape index (κ1) is 12.9. The maximum absolute atomic E-state index is 12.5. The fourth-order valence-electron chi connectivity index (χ4n) is 3.30. The van der Waals surface area contributed by atoms with Crippen LogP contribution in [0.4, 0.5) is 0 Å². The quantitative estimate of drug-likeness (QED) is 0.758. The van der Waals surface area contributed by atoms with Gasteiger partial charge in [0, 0.05) is 31.6 Å². The van der Waals surface area contributed by atoms with Gasteiger partial charge in [0.15, 0.2) is 0 Å². The zero-order valence-electron chi connectivity index (χ0n) is 11.5. The number of carbonyl (C=O) groups excluding carboxylic acids is 1. The first-order valence-electron chi connectivity index (χ1n) is 7.00. The standard InChI is InChI=1S/C14H26N2O/c1-11-10-16(8-7-15-11)13(17)12-5-4-6-14(2,3)9-12/h11-12,15H,4-10H2,1-3H3/t11-,12?/m1/s1. The van der Waals surface area contributed by atoms with E-state index in [1.807, 2.05) is 0 Å². The minimum Gasteiger partial charge on any atom is -0.340 e. The Labute approximate surface area is 105 Å². The Morgan fingerprint density at radius 1 is 1.41 bits per heavy atom. The summed E-state index contributed by atoms with van der Waals surface area (Å²) in [5, 5.41) is 3.39. The van der Waals surface area contributed by atoms with Crippen molar-refractivity contribution in [1.82, 2.24) is 10.2 Å². The summed E-state index contributed by atoms with van der Waals surface area (Å²) in [6.07, 6.45) is 4.66. The normalized spacial score (nSPS) is 33.5. The third kappa shape index (κ3) is 3.21. The molecule has 2 aliphatic rings. The monoisotopic (exact) mass is 238 g/mol. The molecule has 1 N–H and O–H groups in total. The molecule has 3 nitrogen and oxygen atoms in total. The van der Waals surface area contributed by atoms with Gasteiger partial charge in [-0.3, -0.25) is 4.79 Å². The minimum absolute atomic E-state index is 0.282. The maximum atomic E-state index is 12.5. The number of piperazine rings is 1. The van der Waals surface area contributed by atoms with Crippen LogP contribution in [0.3, 0.4) is 0 Å². The van der Waals surface area contributed by atoms with Crippen LogP contribution < -0.4 is 5.32 Å². The highest BCUT2D eigenvalue weighted by Crippen LogP contribution is 2.39. The van der Waals surface area contributed by atoms with Crippen molar-refractivity contribution in [1.29, 1.82) is 0 Å². The largest absolute Gasteiger partial charge is 0.340 e. The van der Waals surface area contributed by atoms with Crippen LogP contribution in [0.2, 0.25) is 0 Å². The Kier molecular flexibility index (Phi) is 3.76. The predicted molar refractivity (Wildman–Crippen MR) is 69.8 cm³/mol. The molecule has 2 fully saturated rings. The van der Waals surface area contributed by atoms with E-state index < -0.39 is 0 Å². The van der Waals surface area contributed by atoms with E-state index in [4.69, 9.17) is 0 Å². The first-order chi connectivity index (χ1) is 7.98. The molecule has 1 unspecified atom stereocenters. The molecular weight excluding hydrogens is 212 g/mol. The second-order valence-corrected chi connectivity index (χ2v) is 6.60. The summed E-state index contributed by atoms with van der Waals surface area (Å²) in [5.41, 5.74) is 0.359. The van der Waals surface area contributed by atoms with Crippen molar-refractivity contribution >= 4 is 5.91 Å². The van der Waals surface area contributed by atoms with Gasteiger partial charge in [-0.05, 0) is 31.6 Å². The molecule has 1 saturated heterocycles. The third-order valence-corrected chi connectivity index (χ3v) is 4.23. The SMILES string of the molecule is C[C@@H]1CN(C(=O)C2CCCC(C)(C)C2)CCN1. The molecule has 0 radical (unpaired) electrons. The van der Waals surface area contributed by atoms with Crippen molar-refractivity contribution in [3.8, 4) is 0 Å². The highest BCUT2D eigenvalue weighted by Gasteiger charge is 2.34. The number of carbonyl (C=O) groups is 1. The lowest BCUT2D eigenvalue weighted by Gasteiger charge is -2.39. The van der Waals surface area contributed by atoms with Crippen molar-refractivity contribution in [2.75, 3.05) is 19.6 Å². The van der Waals surface area contributed by atoms with Gasteiger partial charge in [-0.2, -0.15) is 0 Å².